The second kappa shape index (κ2) is 4.97. The van der Waals surface area contributed by atoms with Crippen molar-refractivity contribution in [2.45, 2.75) is 32.0 Å². The van der Waals surface area contributed by atoms with E-state index >= 15 is 0 Å². The molecule has 0 amide bonds. The summed E-state index contributed by atoms with van der Waals surface area (Å²) in [6, 6.07) is 7.53. The fourth-order valence-electron chi connectivity index (χ4n) is 1.85. The molecule has 1 N–H and O–H groups in total. The average Bonchev–Trinajstić information content (AvgIpc) is 3.23. The summed E-state index contributed by atoms with van der Waals surface area (Å²) in [7, 11) is 0. The van der Waals surface area contributed by atoms with Crippen LogP contribution in [0.1, 0.15) is 35.9 Å². The van der Waals surface area contributed by atoms with Crippen LogP contribution in [-0.2, 0) is 0 Å². The molecule has 0 spiro atoms. The molecule has 1 aromatic heterocycles. The minimum atomic E-state index is -0.768. The van der Waals surface area contributed by atoms with Gasteiger partial charge in [0.1, 0.15) is 11.9 Å². The lowest BCUT2D eigenvalue weighted by Crippen LogP contribution is -2.04. The maximum absolute atomic E-state index is 10.3. The van der Waals surface area contributed by atoms with Crippen molar-refractivity contribution in [3.05, 3.63) is 53.6 Å². The van der Waals surface area contributed by atoms with E-state index in [1.165, 1.54) is 0 Å². The minimum absolute atomic E-state index is 0.353. The van der Waals surface area contributed by atoms with Crippen LogP contribution in [0.5, 0.6) is 5.75 Å². The highest BCUT2D eigenvalue weighted by Crippen LogP contribution is 2.29. The van der Waals surface area contributed by atoms with Crippen molar-refractivity contribution in [2.75, 3.05) is 0 Å². The number of ether oxygens (including phenoxy) is 1. The van der Waals surface area contributed by atoms with E-state index in [1.54, 1.807) is 12.4 Å². The summed E-state index contributed by atoms with van der Waals surface area (Å²) < 4.78 is 5.72. The van der Waals surface area contributed by atoms with Gasteiger partial charge in [-0.15, -0.1) is 0 Å². The summed E-state index contributed by atoms with van der Waals surface area (Å²) in [6.07, 6.45) is 5.09. The van der Waals surface area contributed by atoms with Crippen molar-refractivity contribution in [3.63, 3.8) is 0 Å². The van der Waals surface area contributed by atoms with Crippen LogP contribution in [0.15, 0.2) is 36.7 Å². The smallest absolute Gasteiger partial charge is 0.123 e. The number of benzene rings is 1. The lowest BCUT2D eigenvalue weighted by molar-refractivity contribution is 0.213. The highest BCUT2D eigenvalue weighted by molar-refractivity contribution is 5.33. The predicted molar refractivity (Wildman–Crippen MR) is 70.9 cm³/mol. The van der Waals surface area contributed by atoms with Gasteiger partial charge in [-0.2, -0.15) is 0 Å². The minimum Gasteiger partial charge on any atom is -0.490 e. The Bertz CT molecular complexity index is 565. The molecule has 0 saturated heterocycles. The molecule has 98 valence electrons. The van der Waals surface area contributed by atoms with E-state index < -0.39 is 6.10 Å². The Morgan fingerprint density at radius 3 is 2.79 bits per heavy atom. The van der Waals surface area contributed by atoms with Crippen LogP contribution >= 0.6 is 0 Å². The summed E-state index contributed by atoms with van der Waals surface area (Å²) in [5.74, 6) is 0.805. The molecule has 1 aromatic carbocycles. The van der Waals surface area contributed by atoms with Gasteiger partial charge in [0.25, 0.3) is 0 Å². The van der Waals surface area contributed by atoms with E-state index in [9.17, 15) is 5.11 Å². The number of rotatable bonds is 4. The van der Waals surface area contributed by atoms with E-state index in [2.05, 4.69) is 9.97 Å². The third-order valence-corrected chi connectivity index (χ3v) is 3.08. The van der Waals surface area contributed by atoms with Crippen LogP contribution in [0.2, 0.25) is 0 Å². The number of aryl methyl sites for hydroxylation is 1. The molecule has 3 rings (SSSR count). The van der Waals surface area contributed by atoms with Gasteiger partial charge >= 0.3 is 0 Å². The number of aliphatic hydroxyl groups is 1. The maximum atomic E-state index is 10.3. The highest BCUT2D eigenvalue weighted by atomic mass is 16.5. The number of aliphatic hydroxyl groups excluding tert-OH is 1. The molecule has 4 nitrogen and oxygen atoms in total. The molecule has 2 aromatic rings. The molecule has 1 aliphatic carbocycles. The van der Waals surface area contributed by atoms with Gasteiger partial charge in [0, 0.05) is 6.20 Å². The monoisotopic (exact) mass is 256 g/mol. The molecule has 1 aliphatic rings. The predicted octanol–water partition coefficient (Wildman–Crippen LogP) is 2.41. The molecule has 0 bridgehead atoms. The lowest BCUT2D eigenvalue weighted by atomic mass is 10.1. The Morgan fingerprint density at radius 1 is 1.26 bits per heavy atom. The molecule has 19 heavy (non-hydrogen) atoms. The first-order valence-corrected chi connectivity index (χ1v) is 6.45. The second-order valence-electron chi connectivity index (χ2n) is 4.87. The van der Waals surface area contributed by atoms with Crippen LogP contribution in [0.3, 0.4) is 0 Å². The number of hydrogen-bond donors (Lipinski definition) is 1. The van der Waals surface area contributed by atoms with Crippen molar-refractivity contribution in [3.8, 4) is 5.75 Å². The van der Waals surface area contributed by atoms with Crippen LogP contribution in [0, 0.1) is 6.92 Å². The van der Waals surface area contributed by atoms with E-state index in [4.69, 9.17) is 4.74 Å². The van der Waals surface area contributed by atoms with Crippen LogP contribution in [0.4, 0.5) is 0 Å². The zero-order valence-corrected chi connectivity index (χ0v) is 10.8. The van der Waals surface area contributed by atoms with Crippen molar-refractivity contribution in [1.82, 2.24) is 9.97 Å². The van der Waals surface area contributed by atoms with Gasteiger partial charge in [0.2, 0.25) is 0 Å². The normalized spacial score (nSPS) is 16.1. The van der Waals surface area contributed by atoms with Crippen LogP contribution in [-0.4, -0.2) is 21.2 Å². The first-order chi connectivity index (χ1) is 9.22. The van der Waals surface area contributed by atoms with E-state index in [0.717, 1.165) is 29.8 Å². The summed E-state index contributed by atoms with van der Waals surface area (Å²) >= 11 is 0. The zero-order valence-electron chi connectivity index (χ0n) is 10.8. The van der Waals surface area contributed by atoms with Gasteiger partial charge < -0.3 is 9.84 Å². The summed E-state index contributed by atoms with van der Waals surface area (Å²) in [5.41, 5.74) is 2.16. The Kier molecular flexibility index (Phi) is 3.17. The topological polar surface area (TPSA) is 55.2 Å². The number of hydrogen-bond acceptors (Lipinski definition) is 4. The van der Waals surface area contributed by atoms with E-state index in [0.29, 0.717) is 11.8 Å². The molecular formula is C15H16N2O2. The lowest BCUT2D eigenvalue weighted by Gasteiger charge is -2.12. The SMILES string of the molecule is Cc1cnc(C(O)c2cccc(OC3CC3)c2)cn1. The Hall–Kier alpha value is -1.94. The van der Waals surface area contributed by atoms with Gasteiger partial charge in [-0.25, -0.2) is 0 Å². The zero-order chi connectivity index (χ0) is 13.2. The molecule has 1 atom stereocenters. The summed E-state index contributed by atoms with van der Waals surface area (Å²) in [6.45, 7) is 1.87. The fraction of sp³-hybridized carbons (Fsp3) is 0.333. The average molecular weight is 256 g/mol. The Morgan fingerprint density at radius 2 is 2.11 bits per heavy atom. The molecule has 1 saturated carbocycles. The van der Waals surface area contributed by atoms with Crippen molar-refractivity contribution in [2.24, 2.45) is 0 Å². The fourth-order valence-corrected chi connectivity index (χ4v) is 1.85. The summed E-state index contributed by atoms with van der Waals surface area (Å²) in [4.78, 5) is 8.36. The largest absolute Gasteiger partial charge is 0.490 e. The quantitative estimate of drug-likeness (QED) is 0.912. The van der Waals surface area contributed by atoms with Gasteiger partial charge in [-0.05, 0) is 37.5 Å². The molecule has 1 heterocycles. The van der Waals surface area contributed by atoms with Crippen molar-refractivity contribution in [1.29, 1.82) is 0 Å². The van der Waals surface area contributed by atoms with Gasteiger partial charge in [0.05, 0.1) is 23.7 Å². The first kappa shape index (κ1) is 12.1. The van der Waals surface area contributed by atoms with Crippen molar-refractivity contribution < 1.29 is 9.84 Å². The molecular weight excluding hydrogens is 240 g/mol. The van der Waals surface area contributed by atoms with Gasteiger partial charge in [-0.1, -0.05) is 12.1 Å². The molecule has 0 radical (unpaired) electrons. The molecule has 1 unspecified atom stereocenters. The van der Waals surface area contributed by atoms with E-state index in [-0.39, 0.29) is 0 Å². The first-order valence-electron chi connectivity index (χ1n) is 6.45. The summed E-state index contributed by atoms with van der Waals surface area (Å²) in [5, 5.41) is 10.3. The maximum Gasteiger partial charge on any atom is 0.123 e. The molecule has 1 fully saturated rings. The van der Waals surface area contributed by atoms with Gasteiger partial charge in [-0.3, -0.25) is 9.97 Å². The third kappa shape index (κ3) is 2.90. The van der Waals surface area contributed by atoms with Crippen molar-refractivity contribution >= 4 is 0 Å². The molecule has 4 heteroatoms. The van der Waals surface area contributed by atoms with Gasteiger partial charge in [0.15, 0.2) is 0 Å². The number of nitrogens with zero attached hydrogens (tertiary/aromatic N) is 2. The highest BCUT2D eigenvalue weighted by Gasteiger charge is 2.23. The van der Waals surface area contributed by atoms with Crippen LogP contribution in [0.25, 0.3) is 0 Å². The standard InChI is InChI=1S/C15H16N2O2/c1-10-8-17-14(9-16-10)15(18)11-3-2-4-13(7-11)19-12-5-6-12/h2-4,7-9,12,15,18H,5-6H2,1H3. The second-order valence-corrected chi connectivity index (χ2v) is 4.87. The Balaban J connectivity index is 1.81. The van der Waals surface area contributed by atoms with Crippen LogP contribution < -0.4 is 4.74 Å². The number of aromatic nitrogens is 2. The Labute approximate surface area is 112 Å². The molecule has 0 aliphatic heterocycles. The van der Waals surface area contributed by atoms with E-state index in [1.807, 2.05) is 31.2 Å². The third-order valence-electron chi connectivity index (χ3n) is 3.08.